The number of hydrogen-bond donors (Lipinski definition) is 1. The van der Waals surface area contributed by atoms with Crippen LogP contribution in [0.3, 0.4) is 0 Å². The number of hydrogen-bond acceptors (Lipinski definition) is 3. The predicted octanol–water partition coefficient (Wildman–Crippen LogP) is 2.79. The molecule has 92 valence electrons. The summed E-state index contributed by atoms with van der Waals surface area (Å²) in [5.41, 5.74) is 2.57. The van der Waals surface area contributed by atoms with E-state index in [1.165, 1.54) is 36.5 Å². The summed E-state index contributed by atoms with van der Waals surface area (Å²) in [5, 5.41) is 3.36. The summed E-state index contributed by atoms with van der Waals surface area (Å²) < 4.78 is 25.3. The summed E-state index contributed by atoms with van der Waals surface area (Å²) >= 11 is 0.920. The van der Waals surface area contributed by atoms with E-state index in [0.29, 0.717) is 10.4 Å². The van der Waals surface area contributed by atoms with Crippen LogP contribution in [-0.4, -0.2) is 12.1 Å². The molecular formula is C12H8F2N2OS. The van der Waals surface area contributed by atoms with Gasteiger partial charge in [-0.15, -0.1) is 11.3 Å². The van der Waals surface area contributed by atoms with Gasteiger partial charge in [-0.05, 0) is 36.4 Å². The topological polar surface area (TPSA) is 41.5 Å². The van der Waals surface area contributed by atoms with E-state index in [4.69, 9.17) is 0 Å². The Morgan fingerprint density at radius 1 is 1.17 bits per heavy atom. The van der Waals surface area contributed by atoms with Gasteiger partial charge in [-0.3, -0.25) is 4.79 Å². The maximum Gasteiger partial charge on any atom is 0.271 e. The van der Waals surface area contributed by atoms with Crippen LogP contribution in [0.25, 0.3) is 0 Å². The molecule has 1 amide bonds. The Bertz CT molecular complexity index is 578. The second-order valence-corrected chi connectivity index (χ2v) is 4.41. The lowest BCUT2D eigenvalue weighted by Crippen LogP contribution is -2.17. The molecule has 0 aliphatic rings. The molecule has 0 radical (unpaired) electrons. The van der Waals surface area contributed by atoms with Crippen LogP contribution in [0, 0.1) is 10.9 Å². The van der Waals surface area contributed by atoms with Crippen LogP contribution in [0.2, 0.25) is 0 Å². The number of nitrogens with zero attached hydrogens (tertiary/aromatic N) is 1. The van der Waals surface area contributed by atoms with Crippen molar-refractivity contribution in [2.75, 3.05) is 0 Å². The minimum Gasteiger partial charge on any atom is -0.267 e. The van der Waals surface area contributed by atoms with Gasteiger partial charge in [0.25, 0.3) is 5.91 Å². The number of carbonyl (C=O) groups is 1. The van der Waals surface area contributed by atoms with E-state index >= 15 is 0 Å². The van der Waals surface area contributed by atoms with Crippen LogP contribution in [0.5, 0.6) is 0 Å². The first-order chi connectivity index (χ1) is 8.65. The molecule has 0 aliphatic heterocycles. The van der Waals surface area contributed by atoms with Gasteiger partial charge in [-0.25, -0.2) is 9.82 Å². The molecule has 3 nitrogen and oxygen atoms in total. The zero-order valence-corrected chi connectivity index (χ0v) is 9.88. The second kappa shape index (κ2) is 5.50. The summed E-state index contributed by atoms with van der Waals surface area (Å²) in [7, 11) is 0. The van der Waals surface area contributed by atoms with Crippen molar-refractivity contribution in [1.29, 1.82) is 0 Å². The summed E-state index contributed by atoms with van der Waals surface area (Å²) in [6, 6.07) is 7.94. The highest BCUT2D eigenvalue weighted by molar-refractivity contribution is 7.12. The van der Waals surface area contributed by atoms with Crippen molar-refractivity contribution >= 4 is 23.5 Å². The average molecular weight is 266 g/mol. The summed E-state index contributed by atoms with van der Waals surface area (Å²) in [6.45, 7) is 0. The number of halogens is 2. The number of hydrazone groups is 1. The number of thiophene rings is 1. The van der Waals surface area contributed by atoms with Gasteiger partial charge in [0.2, 0.25) is 0 Å². The molecule has 1 N–H and O–H groups in total. The summed E-state index contributed by atoms with van der Waals surface area (Å²) in [5.74, 6) is -0.868. The highest BCUT2D eigenvalue weighted by atomic mass is 32.1. The van der Waals surface area contributed by atoms with Gasteiger partial charge in [-0.1, -0.05) is 0 Å². The standard InChI is InChI=1S/C12H8F2N2OS/c13-9-3-1-8(2-4-9)12(17)16-15-7-10-5-6-11(14)18-10/h1-7H,(H,16,17)/b15-7-. The molecule has 18 heavy (non-hydrogen) atoms. The minimum absolute atomic E-state index is 0.297. The smallest absolute Gasteiger partial charge is 0.267 e. The molecule has 1 heterocycles. The van der Waals surface area contributed by atoms with Gasteiger partial charge in [0.1, 0.15) is 5.82 Å². The monoisotopic (exact) mass is 266 g/mol. The fraction of sp³-hybridized carbons (Fsp3) is 0. The molecule has 0 fully saturated rings. The Hall–Kier alpha value is -2.08. The first-order valence-corrected chi connectivity index (χ1v) is 5.81. The molecular weight excluding hydrogens is 258 g/mol. The molecule has 0 bridgehead atoms. The Labute approximate surface area is 106 Å². The van der Waals surface area contributed by atoms with Gasteiger partial charge in [0.05, 0.1) is 11.1 Å². The third kappa shape index (κ3) is 3.21. The molecule has 0 saturated carbocycles. The summed E-state index contributed by atoms with van der Waals surface area (Å²) in [4.78, 5) is 12.1. The lowest BCUT2D eigenvalue weighted by Gasteiger charge is -1.98. The van der Waals surface area contributed by atoms with E-state index in [1.54, 1.807) is 6.07 Å². The third-order valence-corrected chi connectivity index (χ3v) is 2.87. The van der Waals surface area contributed by atoms with Crippen molar-refractivity contribution in [3.8, 4) is 0 Å². The zero-order valence-electron chi connectivity index (χ0n) is 9.06. The van der Waals surface area contributed by atoms with Crippen LogP contribution < -0.4 is 5.43 Å². The lowest BCUT2D eigenvalue weighted by molar-refractivity contribution is 0.0955. The minimum atomic E-state index is -0.455. The molecule has 0 spiro atoms. The SMILES string of the molecule is O=C(N/N=C\c1ccc(F)s1)c1ccc(F)cc1. The molecule has 2 aromatic rings. The second-order valence-electron chi connectivity index (χ2n) is 3.35. The molecule has 2 rings (SSSR count). The molecule has 0 aliphatic carbocycles. The van der Waals surface area contributed by atoms with Crippen molar-refractivity contribution in [2.24, 2.45) is 5.10 Å². The largest absolute Gasteiger partial charge is 0.271 e. The fourth-order valence-corrected chi connectivity index (χ4v) is 1.82. The Balaban J connectivity index is 1.96. The van der Waals surface area contributed by atoms with E-state index in [9.17, 15) is 13.6 Å². The van der Waals surface area contributed by atoms with Crippen molar-refractivity contribution in [3.63, 3.8) is 0 Å². The van der Waals surface area contributed by atoms with E-state index < -0.39 is 11.7 Å². The predicted molar refractivity (Wildman–Crippen MR) is 65.7 cm³/mol. The van der Waals surface area contributed by atoms with Gasteiger partial charge in [-0.2, -0.15) is 9.49 Å². The Morgan fingerprint density at radius 3 is 2.50 bits per heavy atom. The number of nitrogens with one attached hydrogen (secondary N) is 1. The quantitative estimate of drug-likeness (QED) is 0.673. The third-order valence-electron chi connectivity index (χ3n) is 2.06. The molecule has 6 heteroatoms. The first-order valence-electron chi connectivity index (χ1n) is 4.99. The molecule has 0 saturated heterocycles. The number of rotatable bonds is 3. The number of benzene rings is 1. The van der Waals surface area contributed by atoms with Gasteiger partial charge >= 0.3 is 0 Å². The van der Waals surface area contributed by atoms with Crippen molar-refractivity contribution in [3.05, 3.63) is 57.8 Å². The average Bonchev–Trinajstić information content (AvgIpc) is 2.76. The molecule has 0 unspecified atom stereocenters. The van der Waals surface area contributed by atoms with Crippen LogP contribution >= 0.6 is 11.3 Å². The van der Waals surface area contributed by atoms with E-state index in [2.05, 4.69) is 10.5 Å². The van der Waals surface area contributed by atoms with Crippen molar-refractivity contribution < 1.29 is 13.6 Å². The normalized spacial score (nSPS) is 10.8. The van der Waals surface area contributed by atoms with Crippen LogP contribution in [-0.2, 0) is 0 Å². The molecule has 1 aromatic carbocycles. The highest BCUT2D eigenvalue weighted by Gasteiger charge is 2.03. The van der Waals surface area contributed by atoms with Gasteiger partial charge in [0, 0.05) is 5.56 Å². The van der Waals surface area contributed by atoms with E-state index in [-0.39, 0.29) is 5.13 Å². The van der Waals surface area contributed by atoms with Crippen LogP contribution in [0.1, 0.15) is 15.2 Å². The fourth-order valence-electron chi connectivity index (χ4n) is 1.22. The zero-order chi connectivity index (χ0) is 13.0. The van der Waals surface area contributed by atoms with Gasteiger partial charge < -0.3 is 0 Å². The van der Waals surface area contributed by atoms with Crippen LogP contribution in [0.15, 0.2) is 41.5 Å². The highest BCUT2D eigenvalue weighted by Crippen LogP contribution is 2.11. The maximum absolute atomic E-state index is 12.6. The van der Waals surface area contributed by atoms with Crippen molar-refractivity contribution in [2.45, 2.75) is 0 Å². The lowest BCUT2D eigenvalue weighted by atomic mass is 10.2. The number of amides is 1. The molecule has 0 atom stereocenters. The Morgan fingerprint density at radius 2 is 1.89 bits per heavy atom. The molecule has 1 aromatic heterocycles. The summed E-state index contributed by atoms with van der Waals surface area (Å²) in [6.07, 6.45) is 1.34. The van der Waals surface area contributed by atoms with Crippen molar-refractivity contribution in [1.82, 2.24) is 5.43 Å². The Kier molecular flexibility index (Phi) is 3.78. The number of carbonyl (C=O) groups excluding carboxylic acids is 1. The van der Waals surface area contributed by atoms with E-state index in [1.807, 2.05) is 0 Å². The van der Waals surface area contributed by atoms with Crippen LogP contribution in [0.4, 0.5) is 8.78 Å². The van der Waals surface area contributed by atoms with E-state index in [0.717, 1.165) is 11.3 Å². The first kappa shape index (κ1) is 12.4. The maximum atomic E-state index is 12.6. The van der Waals surface area contributed by atoms with Gasteiger partial charge in [0.15, 0.2) is 5.13 Å².